The average molecular weight is 377 g/mol. The molecule has 2 heterocycles. The zero-order valence-corrected chi connectivity index (χ0v) is 16.0. The molecule has 0 unspecified atom stereocenters. The maximum atomic E-state index is 12.2. The number of hydrogen-bond donors (Lipinski definition) is 2. The van der Waals surface area contributed by atoms with Crippen molar-refractivity contribution in [2.75, 3.05) is 6.54 Å². The zero-order chi connectivity index (χ0) is 18.2. The van der Waals surface area contributed by atoms with Crippen LogP contribution in [0.3, 0.4) is 0 Å². The molecule has 3 aromatic rings. The van der Waals surface area contributed by atoms with Gasteiger partial charge in [-0.1, -0.05) is 0 Å². The smallest absolute Gasteiger partial charge is 0.251 e. The molecule has 0 saturated carbocycles. The predicted octanol–water partition coefficient (Wildman–Crippen LogP) is 3.04. The number of benzene rings is 1. The first-order valence-electron chi connectivity index (χ1n) is 7.95. The Hall–Kier alpha value is -1.96. The summed E-state index contributed by atoms with van der Waals surface area (Å²) in [5.74, 6) is 0. The minimum Gasteiger partial charge on any atom is -0.322 e. The molecule has 0 spiro atoms. The van der Waals surface area contributed by atoms with Crippen molar-refractivity contribution in [1.82, 2.24) is 9.71 Å². The van der Waals surface area contributed by atoms with E-state index in [4.69, 9.17) is 0 Å². The van der Waals surface area contributed by atoms with Gasteiger partial charge in [0, 0.05) is 22.5 Å². The van der Waals surface area contributed by atoms with Crippen molar-refractivity contribution in [3.05, 3.63) is 62.3 Å². The number of H-pyrrole nitrogens is 1. The number of fused-ring (bicyclic) bond motifs is 1. The van der Waals surface area contributed by atoms with Gasteiger partial charge in [-0.05, 0) is 74.0 Å². The van der Waals surface area contributed by atoms with Crippen molar-refractivity contribution < 1.29 is 8.42 Å². The number of thiophene rings is 1. The van der Waals surface area contributed by atoms with Crippen molar-refractivity contribution in [1.29, 1.82) is 0 Å². The highest BCUT2D eigenvalue weighted by Gasteiger charge is 2.15. The molecule has 0 atom stereocenters. The van der Waals surface area contributed by atoms with Crippen LogP contribution in [0.1, 0.15) is 21.6 Å². The molecular weight excluding hydrogens is 356 g/mol. The molecule has 0 aliphatic carbocycles. The van der Waals surface area contributed by atoms with Crippen LogP contribution in [-0.4, -0.2) is 19.9 Å². The molecule has 0 bridgehead atoms. The van der Waals surface area contributed by atoms with E-state index in [1.165, 1.54) is 11.3 Å². The van der Waals surface area contributed by atoms with E-state index in [0.717, 1.165) is 26.9 Å². The monoisotopic (exact) mass is 376 g/mol. The SMILES string of the molecule is Cc1ccc(S(=O)(=O)NCCc2cc3cc(C)c(C)cc3[nH]c2=O)s1. The fraction of sp³-hybridized carbons (Fsp3) is 0.278. The predicted molar refractivity (Wildman–Crippen MR) is 102 cm³/mol. The van der Waals surface area contributed by atoms with Crippen molar-refractivity contribution in [3.63, 3.8) is 0 Å². The van der Waals surface area contributed by atoms with Crippen molar-refractivity contribution in [3.8, 4) is 0 Å². The van der Waals surface area contributed by atoms with Gasteiger partial charge >= 0.3 is 0 Å². The third-order valence-corrected chi connectivity index (χ3v) is 7.16. The lowest BCUT2D eigenvalue weighted by atomic mass is 10.0. The van der Waals surface area contributed by atoms with E-state index in [-0.39, 0.29) is 12.1 Å². The second kappa shape index (κ2) is 6.74. The molecule has 5 nitrogen and oxygen atoms in total. The van der Waals surface area contributed by atoms with Gasteiger partial charge in [0.25, 0.3) is 5.56 Å². The summed E-state index contributed by atoms with van der Waals surface area (Å²) in [7, 11) is -3.52. The maximum Gasteiger partial charge on any atom is 0.251 e. The van der Waals surface area contributed by atoms with Crippen LogP contribution in [0.5, 0.6) is 0 Å². The Morgan fingerprint density at radius 2 is 1.80 bits per heavy atom. The van der Waals surface area contributed by atoms with Gasteiger partial charge in [-0.3, -0.25) is 4.79 Å². The number of rotatable bonds is 5. The Labute approximate surface area is 150 Å². The van der Waals surface area contributed by atoms with Crippen LogP contribution in [0.2, 0.25) is 0 Å². The number of nitrogens with one attached hydrogen (secondary N) is 2. The minimum absolute atomic E-state index is 0.179. The van der Waals surface area contributed by atoms with Gasteiger partial charge in [-0.25, -0.2) is 13.1 Å². The van der Waals surface area contributed by atoms with Crippen molar-refractivity contribution in [2.45, 2.75) is 31.4 Å². The first kappa shape index (κ1) is 17.8. The second-order valence-corrected chi connectivity index (χ2v) is 9.44. The van der Waals surface area contributed by atoms with E-state index >= 15 is 0 Å². The van der Waals surface area contributed by atoms with E-state index < -0.39 is 10.0 Å². The number of pyridine rings is 1. The third kappa shape index (κ3) is 3.84. The van der Waals surface area contributed by atoms with E-state index in [9.17, 15) is 13.2 Å². The van der Waals surface area contributed by atoms with Crippen LogP contribution >= 0.6 is 11.3 Å². The van der Waals surface area contributed by atoms with Gasteiger partial charge in [0.1, 0.15) is 4.21 Å². The molecule has 25 heavy (non-hydrogen) atoms. The molecule has 0 amide bonds. The minimum atomic E-state index is -3.52. The molecule has 2 N–H and O–H groups in total. The van der Waals surface area contributed by atoms with Crippen molar-refractivity contribution >= 4 is 32.3 Å². The number of sulfonamides is 1. The Balaban J connectivity index is 1.78. The fourth-order valence-corrected chi connectivity index (χ4v) is 5.02. The fourth-order valence-electron chi connectivity index (χ4n) is 2.66. The lowest BCUT2D eigenvalue weighted by Crippen LogP contribution is -2.27. The Kier molecular flexibility index (Phi) is 4.81. The van der Waals surface area contributed by atoms with Gasteiger partial charge in [-0.15, -0.1) is 11.3 Å². The summed E-state index contributed by atoms with van der Waals surface area (Å²) < 4.78 is 27.3. The summed E-state index contributed by atoms with van der Waals surface area (Å²) in [5, 5.41) is 0.953. The molecule has 0 aliphatic heterocycles. The van der Waals surface area contributed by atoms with E-state index in [1.54, 1.807) is 12.1 Å². The number of aromatic nitrogens is 1. The van der Waals surface area contributed by atoms with E-state index in [2.05, 4.69) is 9.71 Å². The van der Waals surface area contributed by atoms with Crippen LogP contribution < -0.4 is 10.3 Å². The Morgan fingerprint density at radius 3 is 2.48 bits per heavy atom. The maximum absolute atomic E-state index is 12.2. The van der Waals surface area contributed by atoms with Gasteiger partial charge in [-0.2, -0.15) is 0 Å². The normalized spacial score (nSPS) is 12.0. The average Bonchev–Trinajstić information content (AvgIpc) is 2.97. The summed E-state index contributed by atoms with van der Waals surface area (Å²) in [4.78, 5) is 16.0. The van der Waals surface area contributed by atoms with Gasteiger partial charge in [0.15, 0.2) is 0 Å². The van der Waals surface area contributed by atoms with Crippen molar-refractivity contribution in [2.24, 2.45) is 0 Å². The largest absolute Gasteiger partial charge is 0.322 e. The molecule has 3 rings (SSSR count). The lowest BCUT2D eigenvalue weighted by Gasteiger charge is -2.07. The highest BCUT2D eigenvalue weighted by Crippen LogP contribution is 2.20. The Morgan fingerprint density at radius 1 is 1.08 bits per heavy atom. The molecule has 132 valence electrons. The summed E-state index contributed by atoms with van der Waals surface area (Å²) in [6.45, 7) is 6.07. The van der Waals surface area contributed by atoms with Crippen LogP contribution in [0.25, 0.3) is 10.9 Å². The standard InChI is InChI=1S/C18H20N2O3S2/c1-11-8-15-10-14(18(21)20-16(15)9-12(11)2)6-7-19-25(22,23)17-5-4-13(3)24-17/h4-5,8-10,19H,6-7H2,1-3H3,(H,20,21). The zero-order valence-electron chi connectivity index (χ0n) is 14.3. The molecular formula is C18H20N2O3S2. The topological polar surface area (TPSA) is 79.0 Å². The molecule has 0 radical (unpaired) electrons. The van der Waals surface area contributed by atoms with Gasteiger partial charge in [0.2, 0.25) is 10.0 Å². The molecule has 0 fully saturated rings. The van der Waals surface area contributed by atoms with Gasteiger partial charge in [0.05, 0.1) is 0 Å². The molecule has 0 aliphatic rings. The second-order valence-electron chi connectivity index (χ2n) is 6.16. The summed E-state index contributed by atoms with van der Waals surface area (Å²) in [6, 6.07) is 9.19. The van der Waals surface area contributed by atoms with Crippen LogP contribution in [0.15, 0.2) is 39.3 Å². The summed E-state index contributed by atoms with van der Waals surface area (Å²) >= 11 is 1.23. The molecule has 7 heteroatoms. The first-order valence-corrected chi connectivity index (χ1v) is 10.3. The highest BCUT2D eigenvalue weighted by molar-refractivity contribution is 7.91. The summed E-state index contributed by atoms with van der Waals surface area (Å²) in [6.07, 6.45) is 0.335. The number of aromatic amines is 1. The van der Waals surface area contributed by atoms with Crippen LogP contribution in [0.4, 0.5) is 0 Å². The highest BCUT2D eigenvalue weighted by atomic mass is 32.2. The van der Waals surface area contributed by atoms with E-state index in [1.807, 2.05) is 39.0 Å². The molecule has 2 aromatic heterocycles. The lowest BCUT2D eigenvalue weighted by molar-refractivity contribution is 0.583. The molecule has 1 aromatic carbocycles. The number of hydrogen-bond acceptors (Lipinski definition) is 4. The quantitative estimate of drug-likeness (QED) is 0.718. The van der Waals surface area contributed by atoms with Gasteiger partial charge < -0.3 is 4.98 Å². The van der Waals surface area contributed by atoms with Crippen LogP contribution in [-0.2, 0) is 16.4 Å². The van der Waals surface area contributed by atoms with Crippen LogP contribution in [0, 0.1) is 20.8 Å². The van der Waals surface area contributed by atoms with E-state index in [0.29, 0.717) is 16.2 Å². The summed E-state index contributed by atoms with van der Waals surface area (Å²) in [5.41, 5.74) is 3.46. The molecule has 0 saturated heterocycles. The first-order chi connectivity index (χ1) is 11.8. The number of aryl methyl sites for hydroxylation is 3. The third-order valence-electron chi connectivity index (χ3n) is 4.20. The Bertz CT molecular complexity index is 1100.